The van der Waals surface area contributed by atoms with Crippen LogP contribution < -0.4 is 14.7 Å². The van der Waals surface area contributed by atoms with Gasteiger partial charge in [0.05, 0.1) is 0 Å². The molecule has 0 aliphatic carbocycles. The van der Waals surface area contributed by atoms with Crippen molar-refractivity contribution in [2.24, 2.45) is 0 Å². The first kappa shape index (κ1) is 16.3. The molecule has 0 heterocycles. The van der Waals surface area contributed by atoms with E-state index >= 15 is 0 Å². The lowest BCUT2D eigenvalue weighted by Gasteiger charge is -2.20. The third-order valence-electron chi connectivity index (χ3n) is 3.39. The second-order valence-electron chi connectivity index (χ2n) is 5.29. The molecule has 122 valence electrons. The molecule has 0 N–H and O–H groups in total. The van der Waals surface area contributed by atoms with Gasteiger partial charge in [-0.25, -0.2) is 0 Å². The van der Waals surface area contributed by atoms with Crippen molar-refractivity contribution >= 4 is 14.9 Å². The largest absolute Gasteiger partial charge is 0.452 e. The van der Waals surface area contributed by atoms with E-state index in [1.165, 1.54) is 5.19 Å². The van der Waals surface area contributed by atoms with Crippen LogP contribution in [0, 0.1) is 0 Å². The van der Waals surface area contributed by atoms with Gasteiger partial charge in [0, 0.05) is 0 Å². The topological polar surface area (TPSA) is 27.7 Å². The molecule has 3 aromatic carbocycles. The number of rotatable bonds is 8. The third-order valence-corrected chi connectivity index (χ3v) is 4.63. The monoisotopic (exact) mass is 336 g/mol. The van der Waals surface area contributed by atoms with Crippen molar-refractivity contribution in [3.63, 3.8) is 0 Å². The number of hydrogen-bond donors (Lipinski definition) is 0. The molecule has 0 atom stereocenters. The maximum absolute atomic E-state index is 5.93. The van der Waals surface area contributed by atoms with E-state index in [-0.39, 0.29) is 0 Å². The van der Waals surface area contributed by atoms with Crippen molar-refractivity contribution in [1.82, 2.24) is 0 Å². The van der Waals surface area contributed by atoms with Crippen LogP contribution in [-0.2, 0) is 4.43 Å². The van der Waals surface area contributed by atoms with Crippen LogP contribution in [0.5, 0.6) is 11.5 Å². The Balaban J connectivity index is 1.60. The maximum atomic E-state index is 5.93. The first-order chi connectivity index (χ1) is 11.9. The summed E-state index contributed by atoms with van der Waals surface area (Å²) < 4.78 is 17.8. The van der Waals surface area contributed by atoms with Gasteiger partial charge in [-0.3, -0.25) is 0 Å². The van der Waals surface area contributed by atoms with Gasteiger partial charge in [-0.15, -0.1) is 0 Å². The van der Waals surface area contributed by atoms with Gasteiger partial charge >= 0.3 is 0 Å². The van der Waals surface area contributed by atoms with Crippen LogP contribution in [0.1, 0.15) is 0 Å². The van der Waals surface area contributed by atoms with E-state index in [1.54, 1.807) is 0 Å². The van der Waals surface area contributed by atoms with E-state index in [9.17, 15) is 0 Å². The molecular weight excluding hydrogens is 316 g/mol. The summed E-state index contributed by atoms with van der Waals surface area (Å²) in [6.07, 6.45) is -0.481. The highest BCUT2D eigenvalue weighted by atomic mass is 28.2. The molecule has 0 saturated heterocycles. The zero-order valence-corrected chi connectivity index (χ0v) is 14.8. The average Bonchev–Trinajstić information content (AvgIpc) is 2.64. The average molecular weight is 336 g/mol. The predicted octanol–water partition coefficient (Wildman–Crippen LogP) is 2.90. The fourth-order valence-electron chi connectivity index (χ4n) is 2.24. The van der Waals surface area contributed by atoms with Crippen molar-refractivity contribution in [1.29, 1.82) is 0 Å². The summed E-state index contributed by atoms with van der Waals surface area (Å²) in [4.78, 5) is 0. The fraction of sp³-hybridized carbons (Fsp3) is 0.100. The molecule has 0 aliphatic rings. The minimum Gasteiger partial charge on any atom is -0.452 e. The zero-order valence-electron chi connectivity index (χ0n) is 13.4. The Kier molecular flexibility index (Phi) is 6.05. The summed E-state index contributed by atoms with van der Waals surface area (Å²) in [5.74, 6) is 1.53. The Labute approximate surface area is 144 Å². The van der Waals surface area contributed by atoms with Crippen LogP contribution in [0.25, 0.3) is 0 Å². The normalized spacial score (nSPS) is 11.0. The molecule has 0 spiro atoms. The maximum Gasteiger partial charge on any atom is 0.262 e. The molecule has 0 saturated carbocycles. The number of hydrogen-bond acceptors (Lipinski definition) is 3. The van der Waals surface area contributed by atoms with Gasteiger partial charge in [0.15, 0.2) is 9.76 Å². The van der Waals surface area contributed by atoms with E-state index in [0.717, 1.165) is 11.5 Å². The molecule has 0 unspecified atom stereocenters. The van der Waals surface area contributed by atoms with Gasteiger partial charge in [0.2, 0.25) is 0 Å². The first-order valence-corrected chi connectivity index (χ1v) is 9.24. The summed E-state index contributed by atoms with van der Waals surface area (Å²) >= 11 is 0. The Bertz CT molecular complexity index is 663. The number of benzene rings is 3. The Morgan fingerprint density at radius 2 is 1.08 bits per heavy atom. The molecular formula is C20H20O3Si. The molecule has 24 heavy (non-hydrogen) atoms. The molecule has 4 heteroatoms. The molecule has 3 rings (SSSR count). The van der Waals surface area contributed by atoms with Crippen molar-refractivity contribution < 1.29 is 13.9 Å². The second-order valence-corrected chi connectivity index (χ2v) is 6.81. The van der Waals surface area contributed by atoms with Gasteiger partial charge in [-0.1, -0.05) is 66.7 Å². The summed E-state index contributed by atoms with van der Waals surface area (Å²) in [5.41, 5.74) is 0. The van der Waals surface area contributed by atoms with Crippen LogP contribution in [0.4, 0.5) is 0 Å². The highest BCUT2D eigenvalue weighted by Gasteiger charge is 2.13. The third kappa shape index (κ3) is 5.26. The van der Waals surface area contributed by atoms with Gasteiger partial charge in [-0.05, 0) is 29.5 Å². The predicted molar refractivity (Wildman–Crippen MR) is 98.5 cm³/mol. The Hall–Kier alpha value is -2.56. The van der Waals surface area contributed by atoms with E-state index < -0.39 is 16.1 Å². The van der Waals surface area contributed by atoms with Gasteiger partial charge in [0.1, 0.15) is 18.1 Å². The quantitative estimate of drug-likeness (QED) is 0.468. The lowest BCUT2D eigenvalue weighted by molar-refractivity contribution is -0.0267. The molecule has 0 aromatic heterocycles. The highest BCUT2D eigenvalue weighted by molar-refractivity contribution is 6.46. The van der Waals surface area contributed by atoms with Crippen molar-refractivity contribution in [2.45, 2.75) is 6.29 Å². The molecule has 0 aliphatic heterocycles. The number of ether oxygens (including phenoxy) is 2. The fourth-order valence-corrected chi connectivity index (χ4v) is 3.25. The Morgan fingerprint density at radius 3 is 1.58 bits per heavy atom. The van der Waals surface area contributed by atoms with Crippen LogP contribution >= 0.6 is 0 Å². The minimum absolute atomic E-state index is 0.394. The molecule has 0 bridgehead atoms. The van der Waals surface area contributed by atoms with E-state index in [0.29, 0.717) is 6.61 Å². The second kappa shape index (κ2) is 8.91. The zero-order chi connectivity index (χ0) is 16.5. The van der Waals surface area contributed by atoms with Gasteiger partial charge in [0.25, 0.3) is 6.29 Å². The molecule has 3 aromatic rings. The van der Waals surface area contributed by atoms with E-state index in [2.05, 4.69) is 12.1 Å². The standard InChI is InChI=1S/C20H20O3Si/c1-4-10-17(11-5-1)22-20(23-18-12-6-2-7-13-18)16-21-24-19-14-8-3-9-15-19/h1-15,20H,16,24H2. The van der Waals surface area contributed by atoms with Crippen LogP contribution in [0.15, 0.2) is 91.0 Å². The molecule has 0 amide bonds. The Morgan fingerprint density at radius 1 is 0.625 bits per heavy atom. The van der Waals surface area contributed by atoms with Crippen molar-refractivity contribution in [3.05, 3.63) is 91.0 Å². The molecule has 3 nitrogen and oxygen atoms in total. The summed E-state index contributed by atoms with van der Waals surface area (Å²) in [6.45, 7) is 0.394. The number of para-hydroxylation sites is 2. The first-order valence-electron chi connectivity index (χ1n) is 7.95. The smallest absolute Gasteiger partial charge is 0.262 e. The van der Waals surface area contributed by atoms with E-state index in [4.69, 9.17) is 13.9 Å². The SMILES string of the molecule is c1ccc(OC(CO[SiH2]c2ccccc2)Oc2ccccc2)cc1. The summed E-state index contributed by atoms with van der Waals surface area (Å²) in [5, 5.41) is 1.26. The lowest BCUT2D eigenvalue weighted by Crippen LogP contribution is -2.32. The van der Waals surface area contributed by atoms with Crippen LogP contribution in [0.3, 0.4) is 0 Å². The van der Waals surface area contributed by atoms with Crippen molar-refractivity contribution in [3.8, 4) is 11.5 Å². The highest BCUT2D eigenvalue weighted by Crippen LogP contribution is 2.15. The van der Waals surface area contributed by atoms with Crippen molar-refractivity contribution in [2.75, 3.05) is 6.61 Å². The molecule has 0 radical (unpaired) electrons. The summed E-state index contributed by atoms with van der Waals surface area (Å²) in [7, 11) is -0.793. The van der Waals surface area contributed by atoms with Crippen LogP contribution in [-0.4, -0.2) is 22.7 Å². The lowest BCUT2D eigenvalue weighted by atomic mass is 10.3. The summed E-state index contributed by atoms with van der Waals surface area (Å²) in [6, 6.07) is 29.6. The van der Waals surface area contributed by atoms with Gasteiger partial charge in [-0.2, -0.15) is 0 Å². The van der Waals surface area contributed by atoms with Crippen LogP contribution in [0.2, 0.25) is 0 Å². The van der Waals surface area contributed by atoms with E-state index in [1.807, 2.05) is 78.9 Å². The molecule has 0 fully saturated rings. The van der Waals surface area contributed by atoms with Gasteiger partial charge < -0.3 is 13.9 Å². The minimum atomic E-state index is -0.793.